The second-order valence-corrected chi connectivity index (χ2v) is 7.08. The van der Waals surface area contributed by atoms with E-state index in [4.69, 9.17) is 21.6 Å². The van der Waals surface area contributed by atoms with Crippen molar-refractivity contribution < 1.29 is 4.74 Å². The van der Waals surface area contributed by atoms with Crippen molar-refractivity contribution in [3.63, 3.8) is 0 Å². The van der Waals surface area contributed by atoms with Gasteiger partial charge in [0.25, 0.3) is 0 Å². The lowest BCUT2D eigenvalue weighted by molar-refractivity contribution is 0.221. The average Bonchev–Trinajstić information content (AvgIpc) is 2.70. The molecule has 0 radical (unpaired) electrons. The Bertz CT molecular complexity index is 931. The lowest BCUT2D eigenvalue weighted by atomic mass is 9.98. The lowest BCUT2D eigenvalue weighted by Gasteiger charge is -2.34. The van der Waals surface area contributed by atoms with Gasteiger partial charge in [-0.2, -0.15) is 10.5 Å². The van der Waals surface area contributed by atoms with Crippen LogP contribution in [0, 0.1) is 42.4 Å². The van der Waals surface area contributed by atoms with Gasteiger partial charge in [0, 0.05) is 31.3 Å². The second kappa shape index (κ2) is 8.24. The Morgan fingerprint density at radius 2 is 2.15 bits per heavy atom. The van der Waals surface area contributed by atoms with Crippen LogP contribution in [0.5, 0.6) is 5.88 Å². The predicted octanol–water partition coefficient (Wildman–Crippen LogP) is 3.79. The number of rotatable bonds is 4. The van der Waals surface area contributed by atoms with Crippen molar-refractivity contribution in [2.24, 2.45) is 5.92 Å². The molecule has 3 heterocycles. The Balaban J connectivity index is 1.73. The first-order chi connectivity index (χ1) is 13.0. The van der Waals surface area contributed by atoms with Gasteiger partial charge >= 0.3 is 0 Å². The van der Waals surface area contributed by atoms with Crippen molar-refractivity contribution in [2.45, 2.75) is 26.7 Å². The number of anilines is 1. The third-order valence-corrected chi connectivity index (χ3v) is 5.34. The topological polar surface area (TPSA) is 85.8 Å². The van der Waals surface area contributed by atoms with E-state index < -0.39 is 0 Å². The summed E-state index contributed by atoms with van der Waals surface area (Å²) < 4.78 is 5.80. The van der Waals surface area contributed by atoms with Gasteiger partial charge in [0.2, 0.25) is 5.88 Å². The SMILES string of the molecule is Cc1nc(N2CCCC(COc3cc(C#N)ccn3)C2)c(C#N)c(C)c1Cl. The number of pyridine rings is 2. The number of nitriles is 2. The van der Waals surface area contributed by atoms with Crippen molar-refractivity contribution in [1.82, 2.24) is 9.97 Å². The summed E-state index contributed by atoms with van der Waals surface area (Å²) in [6, 6.07) is 7.63. The summed E-state index contributed by atoms with van der Waals surface area (Å²) in [6.45, 7) is 5.82. The van der Waals surface area contributed by atoms with Crippen molar-refractivity contribution in [2.75, 3.05) is 24.6 Å². The first-order valence-electron chi connectivity index (χ1n) is 8.84. The molecule has 1 atom stereocenters. The zero-order chi connectivity index (χ0) is 19.4. The van der Waals surface area contributed by atoms with Crippen LogP contribution in [0.4, 0.5) is 5.82 Å². The molecule has 0 aromatic carbocycles. The van der Waals surface area contributed by atoms with Gasteiger partial charge in [-0.25, -0.2) is 9.97 Å². The minimum absolute atomic E-state index is 0.288. The number of ether oxygens (including phenoxy) is 1. The summed E-state index contributed by atoms with van der Waals surface area (Å²) in [5, 5.41) is 19.1. The van der Waals surface area contributed by atoms with Gasteiger partial charge in [0.1, 0.15) is 11.9 Å². The Morgan fingerprint density at radius 3 is 2.89 bits per heavy atom. The largest absolute Gasteiger partial charge is 0.477 e. The molecule has 27 heavy (non-hydrogen) atoms. The van der Waals surface area contributed by atoms with Gasteiger partial charge in [-0.3, -0.25) is 0 Å². The van der Waals surface area contributed by atoms with Gasteiger partial charge in [-0.15, -0.1) is 0 Å². The van der Waals surface area contributed by atoms with E-state index in [0.29, 0.717) is 34.5 Å². The van der Waals surface area contributed by atoms with E-state index in [1.165, 1.54) is 0 Å². The zero-order valence-electron chi connectivity index (χ0n) is 15.4. The molecule has 0 bridgehead atoms. The van der Waals surface area contributed by atoms with Crippen molar-refractivity contribution in [1.29, 1.82) is 10.5 Å². The highest BCUT2D eigenvalue weighted by Crippen LogP contribution is 2.31. The van der Waals surface area contributed by atoms with Crippen molar-refractivity contribution >= 4 is 17.4 Å². The molecular formula is C20H20ClN5O. The number of halogens is 1. The molecule has 7 heteroatoms. The number of aromatic nitrogens is 2. The highest BCUT2D eigenvalue weighted by atomic mass is 35.5. The maximum atomic E-state index is 9.58. The zero-order valence-corrected chi connectivity index (χ0v) is 16.1. The first-order valence-corrected chi connectivity index (χ1v) is 9.22. The fourth-order valence-corrected chi connectivity index (χ4v) is 3.47. The normalized spacial score (nSPS) is 16.5. The van der Waals surface area contributed by atoms with Crippen LogP contribution in [0.1, 0.15) is 35.2 Å². The number of piperidine rings is 1. The molecule has 1 saturated heterocycles. The molecule has 0 aliphatic carbocycles. The Labute approximate surface area is 164 Å². The highest BCUT2D eigenvalue weighted by Gasteiger charge is 2.25. The van der Waals surface area contributed by atoms with E-state index in [9.17, 15) is 5.26 Å². The smallest absolute Gasteiger partial charge is 0.214 e. The minimum atomic E-state index is 0.288. The van der Waals surface area contributed by atoms with Gasteiger partial charge in [0.15, 0.2) is 0 Å². The van der Waals surface area contributed by atoms with E-state index in [-0.39, 0.29) is 5.92 Å². The first kappa shape index (κ1) is 18.9. The monoisotopic (exact) mass is 381 g/mol. The molecule has 6 nitrogen and oxygen atoms in total. The second-order valence-electron chi connectivity index (χ2n) is 6.71. The molecule has 2 aromatic heterocycles. The van der Waals surface area contributed by atoms with Gasteiger partial charge in [-0.05, 0) is 38.3 Å². The molecule has 0 saturated carbocycles. The Kier molecular flexibility index (Phi) is 5.78. The Morgan fingerprint density at radius 1 is 1.33 bits per heavy atom. The molecule has 1 fully saturated rings. The molecular weight excluding hydrogens is 362 g/mol. The predicted molar refractivity (Wildman–Crippen MR) is 103 cm³/mol. The van der Waals surface area contributed by atoms with Crippen LogP contribution in [0.3, 0.4) is 0 Å². The lowest BCUT2D eigenvalue weighted by Crippen LogP contribution is -2.39. The van der Waals surface area contributed by atoms with E-state index in [1.54, 1.807) is 18.3 Å². The van der Waals surface area contributed by atoms with Gasteiger partial charge in [0.05, 0.1) is 34.5 Å². The summed E-state index contributed by atoms with van der Waals surface area (Å²) in [5.41, 5.74) is 2.58. The quantitative estimate of drug-likeness (QED) is 0.800. The molecule has 0 spiro atoms. The van der Waals surface area contributed by atoms with Crippen LogP contribution in [-0.2, 0) is 0 Å². The maximum absolute atomic E-state index is 9.58. The average molecular weight is 382 g/mol. The molecule has 138 valence electrons. The van der Waals surface area contributed by atoms with E-state index >= 15 is 0 Å². The van der Waals surface area contributed by atoms with E-state index in [2.05, 4.69) is 27.0 Å². The molecule has 2 aromatic rings. The highest BCUT2D eigenvalue weighted by molar-refractivity contribution is 6.32. The third kappa shape index (κ3) is 4.13. The molecule has 0 N–H and O–H groups in total. The number of hydrogen-bond acceptors (Lipinski definition) is 6. The molecule has 0 amide bonds. The molecule has 1 aliphatic rings. The van der Waals surface area contributed by atoms with Crippen LogP contribution in [0.15, 0.2) is 18.3 Å². The van der Waals surface area contributed by atoms with E-state index in [0.717, 1.165) is 37.2 Å². The maximum Gasteiger partial charge on any atom is 0.214 e. The summed E-state index contributed by atoms with van der Waals surface area (Å²) in [4.78, 5) is 10.9. The Hall–Kier alpha value is -2.83. The summed E-state index contributed by atoms with van der Waals surface area (Å²) in [6.07, 6.45) is 3.60. The fraction of sp³-hybridized carbons (Fsp3) is 0.400. The van der Waals surface area contributed by atoms with Crippen LogP contribution in [0.2, 0.25) is 5.02 Å². The number of hydrogen-bond donors (Lipinski definition) is 0. The van der Waals surface area contributed by atoms with Crippen molar-refractivity contribution in [3.8, 4) is 18.0 Å². The number of nitrogens with zero attached hydrogens (tertiary/aromatic N) is 5. The minimum Gasteiger partial charge on any atom is -0.477 e. The van der Waals surface area contributed by atoms with Crippen LogP contribution in [-0.4, -0.2) is 29.7 Å². The number of aryl methyl sites for hydroxylation is 1. The summed E-state index contributed by atoms with van der Waals surface area (Å²) in [7, 11) is 0. The summed E-state index contributed by atoms with van der Waals surface area (Å²) >= 11 is 6.26. The van der Waals surface area contributed by atoms with Gasteiger partial charge < -0.3 is 9.64 Å². The van der Waals surface area contributed by atoms with Crippen molar-refractivity contribution in [3.05, 3.63) is 45.7 Å². The summed E-state index contributed by atoms with van der Waals surface area (Å²) in [5.74, 6) is 1.45. The molecule has 1 unspecified atom stereocenters. The molecule has 1 aliphatic heterocycles. The fourth-order valence-electron chi connectivity index (χ4n) is 3.33. The van der Waals surface area contributed by atoms with Gasteiger partial charge in [-0.1, -0.05) is 11.6 Å². The standard InChI is InChI=1S/C20H20ClN5O/c1-13-17(10-23)20(25-14(2)19(13)21)26-7-3-4-16(11-26)12-27-18-8-15(9-22)5-6-24-18/h5-6,8,16H,3-4,7,11-12H2,1-2H3. The van der Waals surface area contributed by atoms with E-state index in [1.807, 2.05) is 13.8 Å². The van der Waals surface area contributed by atoms with Crippen LogP contribution < -0.4 is 9.64 Å². The molecule has 3 rings (SSSR count). The third-order valence-electron chi connectivity index (χ3n) is 4.78. The van der Waals surface area contributed by atoms with Crippen LogP contribution >= 0.6 is 11.6 Å². The van der Waals surface area contributed by atoms with Crippen LogP contribution in [0.25, 0.3) is 0 Å².